The van der Waals surface area contributed by atoms with Gasteiger partial charge in [-0.25, -0.2) is 4.79 Å². The highest BCUT2D eigenvalue weighted by Crippen LogP contribution is 2.43. The molecule has 70 valence electrons. The summed E-state index contributed by atoms with van der Waals surface area (Å²) in [5.74, 6) is -0.541. The first-order valence-corrected chi connectivity index (χ1v) is 3.98. The predicted molar refractivity (Wildman–Crippen MR) is 43.7 cm³/mol. The molecule has 1 atom stereocenters. The second-order valence-corrected chi connectivity index (χ2v) is 3.42. The standard InChI is InChI=1S/C8H15NO3/c1-9(2)8(4-5-8)6(10)7(11)12-3/h6,10H,4-5H2,1-3H3. The molecule has 0 aromatic heterocycles. The Balaban J connectivity index is 2.63. The van der Waals surface area contributed by atoms with Gasteiger partial charge in [0, 0.05) is 0 Å². The van der Waals surface area contributed by atoms with Gasteiger partial charge in [-0.3, -0.25) is 0 Å². The van der Waals surface area contributed by atoms with Gasteiger partial charge in [0.2, 0.25) is 0 Å². The summed E-state index contributed by atoms with van der Waals surface area (Å²) in [6.45, 7) is 0. The Morgan fingerprint density at radius 3 is 2.33 bits per heavy atom. The molecular weight excluding hydrogens is 158 g/mol. The number of nitrogens with zero attached hydrogens (tertiary/aromatic N) is 1. The van der Waals surface area contributed by atoms with Crippen LogP contribution in [0.1, 0.15) is 12.8 Å². The van der Waals surface area contributed by atoms with Crippen molar-refractivity contribution in [1.82, 2.24) is 4.90 Å². The molecule has 12 heavy (non-hydrogen) atoms. The van der Waals surface area contributed by atoms with Gasteiger partial charge in [0.05, 0.1) is 12.6 Å². The number of carbonyl (C=O) groups is 1. The molecule has 0 radical (unpaired) electrons. The number of hydrogen-bond acceptors (Lipinski definition) is 4. The number of ether oxygens (including phenoxy) is 1. The van der Waals surface area contributed by atoms with Gasteiger partial charge in [0.15, 0.2) is 6.10 Å². The van der Waals surface area contributed by atoms with Crippen molar-refractivity contribution in [3.8, 4) is 0 Å². The molecule has 0 aromatic rings. The number of carbonyl (C=O) groups excluding carboxylic acids is 1. The summed E-state index contributed by atoms with van der Waals surface area (Å²) in [5.41, 5.74) is -0.354. The van der Waals surface area contributed by atoms with Crippen LogP contribution in [-0.4, -0.2) is 48.8 Å². The smallest absolute Gasteiger partial charge is 0.336 e. The summed E-state index contributed by atoms with van der Waals surface area (Å²) in [6, 6.07) is 0. The highest BCUT2D eigenvalue weighted by atomic mass is 16.5. The van der Waals surface area contributed by atoms with E-state index < -0.39 is 12.1 Å². The fraction of sp³-hybridized carbons (Fsp3) is 0.875. The van der Waals surface area contributed by atoms with E-state index in [2.05, 4.69) is 4.74 Å². The zero-order chi connectivity index (χ0) is 9.35. The van der Waals surface area contributed by atoms with Gasteiger partial charge in [0.25, 0.3) is 0 Å². The summed E-state index contributed by atoms with van der Waals surface area (Å²) in [6.07, 6.45) is 0.713. The molecule has 1 saturated carbocycles. The van der Waals surface area contributed by atoms with Gasteiger partial charge in [-0.05, 0) is 26.9 Å². The van der Waals surface area contributed by atoms with Crippen LogP contribution in [0.4, 0.5) is 0 Å². The molecule has 1 fully saturated rings. The van der Waals surface area contributed by atoms with Crippen LogP contribution in [0.5, 0.6) is 0 Å². The second-order valence-electron chi connectivity index (χ2n) is 3.42. The van der Waals surface area contributed by atoms with E-state index in [1.54, 1.807) is 0 Å². The van der Waals surface area contributed by atoms with E-state index in [1.807, 2.05) is 19.0 Å². The van der Waals surface area contributed by atoms with E-state index in [0.29, 0.717) is 0 Å². The minimum Gasteiger partial charge on any atom is -0.467 e. The van der Waals surface area contributed by atoms with Gasteiger partial charge in [-0.1, -0.05) is 0 Å². The van der Waals surface area contributed by atoms with Crippen molar-refractivity contribution in [1.29, 1.82) is 0 Å². The van der Waals surface area contributed by atoms with Crippen LogP contribution in [0.25, 0.3) is 0 Å². The third-order valence-corrected chi connectivity index (χ3v) is 2.59. The third-order valence-electron chi connectivity index (χ3n) is 2.59. The van der Waals surface area contributed by atoms with Crippen molar-refractivity contribution in [2.45, 2.75) is 24.5 Å². The molecule has 0 amide bonds. The topological polar surface area (TPSA) is 49.8 Å². The Labute approximate surface area is 72.1 Å². The zero-order valence-electron chi connectivity index (χ0n) is 7.70. The normalized spacial score (nSPS) is 22.1. The monoisotopic (exact) mass is 173 g/mol. The summed E-state index contributed by atoms with van der Waals surface area (Å²) in [4.78, 5) is 12.9. The van der Waals surface area contributed by atoms with Crippen LogP contribution in [-0.2, 0) is 9.53 Å². The van der Waals surface area contributed by atoms with Crippen molar-refractivity contribution in [2.75, 3.05) is 21.2 Å². The van der Waals surface area contributed by atoms with Gasteiger partial charge >= 0.3 is 5.97 Å². The molecule has 0 bridgehead atoms. The number of likely N-dealkylation sites (N-methyl/N-ethyl adjacent to an activating group) is 1. The Morgan fingerprint density at radius 1 is 1.58 bits per heavy atom. The van der Waals surface area contributed by atoms with Crippen LogP contribution in [0.3, 0.4) is 0 Å². The maximum absolute atomic E-state index is 11.0. The SMILES string of the molecule is COC(=O)C(O)C1(N(C)C)CC1. The Morgan fingerprint density at radius 2 is 2.08 bits per heavy atom. The molecule has 0 heterocycles. The maximum atomic E-state index is 11.0. The van der Waals surface area contributed by atoms with Crippen LogP contribution in [0.2, 0.25) is 0 Å². The highest BCUT2D eigenvalue weighted by Gasteiger charge is 2.54. The molecule has 1 rings (SSSR count). The molecular formula is C8H15NO3. The van der Waals surface area contributed by atoms with Crippen molar-refractivity contribution in [2.24, 2.45) is 0 Å². The van der Waals surface area contributed by atoms with Gasteiger partial charge in [-0.2, -0.15) is 0 Å². The molecule has 1 aliphatic rings. The number of aliphatic hydroxyl groups is 1. The summed E-state index contributed by atoms with van der Waals surface area (Å²) < 4.78 is 4.47. The summed E-state index contributed by atoms with van der Waals surface area (Å²) in [5, 5.41) is 9.56. The molecule has 4 nitrogen and oxygen atoms in total. The quantitative estimate of drug-likeness (QED) is 0.591. The highest BCUT2D eigenvalue weighted by molar-refractivity contribution is 5.76. The van der Waals surface area contributed by atoms with Crippen LogP contribution < -0.4 is 0 Å². The van der Waals surface area contributed by atoms with E-state index in [0.717, 1.165) is 12.8 Å². The molecule has 1 N–H and O–H groups in total. The van der Waals surface area contributed by atoms with Crippen molar-refractivity contribution < 1.29 is 14.6 Å². The minimum atomic E-state index is -1.00. The van der Waals surface area contributed by atoms with Gasteiger partial charge in [-0.15, -0.1) is 0 Å². The molecule has 0 aromatic carbocycles. The van der Waals surface area contributed by atoms with Crippen molar-refractivity contribution >= 4 is 5.97 Å². The first-order valence-electron chi connectivity index (χ1n) is 3.98. The van der Waals surface area contributed by atoms with Crippen LogP contribution >= 0.6 is 0 Å². The van der Waals surface area contributed by atoms with Gasteiger partial charge < -0.3 is 14.7 Å². The van der Waals surface area contributed by atoms with Crippen molar-refractivity contribution in [3.05, 3.63) is 0 Å². The lowest BCUT2D eigenvalue weighted by atomic mass is 10.1. The minimum absolute atomic E-state index is 0.354. The summed E-state index contributed by atoms with van der Waals surface area (Å²) >= 11 is 0. The van der Waals surface area contributed by atoms with E-state index >= 15 is 0 Å². The Bertz CT molecular complexity index is 187. The molecule has 0 saturated heterocycles. The predicted octanol–water partition coefficient (Wildman–Crippen LogP) is -0.386. The Hall–Kier alpha value is -0.610. The van der Waals surface area contributed by atoms with Crippen LogP contribution in [0, 0.1) is 0 Å². The molecule has 1 unspecified atom stereocenters. The number of rotatable bonds is 3. The molecule has 4 heteroatoms. The second kappa shape index (κ2) is 3.03. The lowest BCUT2D eigenvalue weighted by molar-refractivity contribution is -0.154. The summed E-state index contributed by atoms with van der Waals surface area (Å²) in [7, 11) is 5.01. The van der Waals surface area contributed by atoms with Crippen LogP contribution in [0.15, 0.2) is 0 Å². The largest absolute Gasteiger partial charge is 0.467 e. The molecule has 1 aliphatic carbocycles. The zero-order valence-corrected chi connectivity index (χ0v) is 7.70. The first-order chi connectivity index (χ1) is 5.54. The number of methoxy groups -OCH3 is 1. The average molecular weight is 173 g/mol. The molecule has 0 aliphatic heterocycles. The number of aliphatic hydroxyl groups excluding tert-OH is 1. The molecule has 0 spiro atoms. The van der Waals surface area contributed by atoms with E-state index in [-0.39, 0.29) is 5.54 Å². The lowest BCUT2D eigenvalue weighted by Crippen LogP contribution is -2.46. The van der Waals surface area contributed by atoms with E-state index in [1.165, 1.54) is 7.11 Å². The van der Waals surface area contributed by atoms with Crippen molar-refractivity contribution in [3.63, 3.8) is 0 Å². The third kappa shape index (κ3) is 1.32. The fourth-order valence-electron chi connectivity index (χ4n) is 1.42. The first kappa shape index (κ1) is 9.48. The fourth-order valence-corrected chi connectivity index (χ4v) is 1.42. The number of hydrogen-bond donors (Lipinski definition) is 1. The Kier molecular flexibility index (Phi) is 2.39. The number of esters is 1. The average Bonchev–Trinajstić information content (AvgIpc) is 2.81. The van der Waals surface area contributed by atoms with E-state index in [4.69, 9.17) is 0 Å². The maximum Gasteiger partial charge on any atom is 0.336 e. The van der Waals surface area contributed by atoms with E-state index in [9.17, 15) is 9.90 Å². The lowest BCUT2D eigenvalue weighted by Gasteiger charge is -2.26. The van der Waals surface area contributed by atoms with Gasteiger partial charge in [0.1, 0.15) is 0 Å².